The molecule has 0 amide bonds. The van der Waals surface area contributed by atoms with Gasteiger partial charge >= 0.3 is 0 Å². The van der Waals surface area contributed by atoms with Crippen LogP contribution >= 0.6 is 0 Å². The number of halogens is 1. The second kappa shape index (κ2) is 10.3. The first-order chi connectivity index (χ1) is 10.7. The Morgan fingerprint density at radius 3 is 2.04 bits per heavy atom. The van der Waals surface area contributed by atoms with Gasteiger partial charge in [0.15, 0.2) is 0 Å². The van der Waals surface area contributed by atoms with Gasteiger partial charge in [-0.1, -0.05) is 48.5 Å². The number of hydrogen-bond donors (Lipinski definition) is 0. The summed E-state index contributed by atoms with van der Waals surface area (Å²) in [5, 5.41) is 0. The van der Waals surface area contributed by atoms with E-state index in [-0.39, 0.29) is 12.4 Å². The molecule has 0 spiro atoms. The molecule has 3 nitrogen and oxygen atoms in total. The molecule has 0 radical (unpaired) electrons. The number of hydrogen-bond acceptors (Lipinski definition) is 2. The van der Waals surface area contributed by atoms with Crippen LogP contribution in [0.2, 0.25) is 0 Å². The highest BCUT2D eigenvalue weighted by molar-refractivity contribution is 5.20. The number of nitrogens with zero attached hydrogens (tertiary/aromatic N) is 1. The number of likely N-dealkylation sites (N-methyl/N-ethyl adjacent to an activating group) is 1. The van der Waals surface area contributed by atoms with Gasteiger partial charge in [0.25, 0.3) is 0 Å². The fraction of sp³-hybridized carbons (Fsp3) is 0.368. The fourth-order valence-corrected chi connectivity index (χ4v) is 2.31. The normalized spacial score (nSPS) is 10.9. The summed E-state index contributed by atoms with van der Waals surface area (Å²) in [5.41, 5.74) is 1.36. The molecule has 0 unspecified atom stereocenters. The van der Waals surface area contributed by atoms with E-state index in [2.05, 4.69) is 44.4 Å². The molecule has 0 heterocycles. The van der Waals surface area contributed by atoms with Crippen molar-refractivity contribution in [2.45, 2.75) is 6.54 Å². The molecule has 0 saturated carbocycles. The molecule has 0 fully saturated rings. The Bertz CT molecular complexity index is 532. The van der Waals surface area contributed by atoms with Gasteiger partial charge in [0, 0.05) is 5.56 Å². The molecule has 0 aliphatic rings. The van der Waals surface area contributed by atoms with E-state index >= 15 is 0 Å². The van der Waals surface area contributed by atoms with E-state index < -0.39 is 0 Å². The quantitative estimate of drug-likeness (QED) is 0.487. The lowest BCUT2D eigenvalue weighted by atomic mass is 10.2. The third kappa shape index (κ3) is 8.03. The van der Waals surface area contributed by atoms with Crippen LogP contribution in [0, 0.1) is 0 Å². The van der Waals surface area contributed by atoms with E-state index in [0.29, 0.717) is 13.2 Å². The van der Waals surface area contributed by atoms with E-state index in [9.17, 15) is 0 Å². The molecule has 4 heteroatoms. The van der Waals surface area contributed by atoms with Gasteiger partial charge in [0.05, 0.1) is 27.3 Å². The van der Waals surface area contributed by atoms with Gasteiger partial charge < -0.3 is 26.4 Å². The highest BCUT2D eigenvalue weighted by Gasteiger charge is 2.15. The molecule has 0 aliphatic carbocycles. The first-order valence-electron chi connectivity index (χ1n) is 7.77. The standard InChI is InChI=1S/C19H26NO2.ClH/c1-20(2,17-18-9-5-3-6-10-18)13-14-21-15-16-22-19-11-7-4-8-12-19;/h3-12H,13-17H2,1-2H3;1H/q+1;/p-1. The molecule has 0 atom stereocenters. The van der Waals surface area contributed by atoms with Crippen molar-refractivity contribution in [3.8, 4) is 5.75 Å². The maximum Gasteiger partial charge on any atom is 0.119 e. The molecule has 0 N–H and O–H groups in total. The lowest BCUT2D eigenvalue weighted by Gasteiger charge is -2.29. The van der Waals surface area contributed by atoms with Crippen LogP contribution in [0.1, 0.15) is 5.56 Å². The van der Waals surface area contributed by atoms with Crippen LogP contribution in [-0.4, -0.2) is 44.9 Å². The van der Waals surface area contributed by atoms with Crippen molar-refractivity contribution < 1.29 is 26.4 Å². The predicted octanol–water partition coefficient (Wildman–Crippen LogP) is 0.363. The summed E-state index contributed by atoms with van der Waals surface area (Å²) in [5.74, 6) is 0.895. The largest absolute Gasteiger partial charge is 1.00 e. The van der Waals surface area contributed by atoms with Crippen molar-refractivity contribution in [3.63, 3.8) is 0 Å². The molecule has 126 valence electrons. The number of benzene rings is 2. The van der Waals surface area contributed by atoms with E-state index in [0.717, 1.165) is 29.9 Å². The summed E-state index contributed by atoms with van der Waals surface area (Å²) < 4.78 is 12.2. The van der Waals surface area contributed by atoms with Crippen molar-refractivity contribution >= 4 is 0 Å². The highest BCUT2D eigenvalue weighted by atomic mass is 35.5. The Morgan fingerprint density at radius 2 is 1.39 bits per heavy atom. The van der Waals surface area contributed by atoms with Gasteiger partial charge in [-0.15, -0.1) is 0 Å². The second-order valence-corrected chi connectivity index (χ2v) is 6.08. The van der Waals surface area contributed by atoms with Crippen LogP contribution in [0.25, 0.3) is 0 Å². The van der Waals surface area contributed by atoms with Crippen LogP contribution in [0.5, 0.6) is 5.75 Å². The number of quaternary nitrogens is 1. The van der Waals surface area contributed by atoms with Gasteiger partial charge in [-0.25, -0.2) is 0 Å². The first kappa shape index (κ1) is 19.5. The summed E-state index contributed by atoms with van der Waals surface area (Å²) in [4.78, 5) is 0. The van der Waals surface area contributed by atoms with Gasteiger partial charge in [-0.2, -0.15) is 0 Å². The third-order valence-electron chi connectivity index (χ3n) is 3.53. The molecule has 23 heavy (non-hydrogen) atoms. The lowest BCUT2D eigenvalue weighted by molar-refractivity contribution is -0.904. The van der Waals surface area contributed by atoms with Crippen molar-refractivity contribution in [1.29, 1.82) is 0 Å². The highest BCUT2D eigenvalue weighted by Crippen LogP contribution is 2.09. The number of para-hydroxylation sites is 1. The Kier molecular flexibility index (Phi) is 8.70. The summed E-state index contributed by atoms with van der Waals surface area (Å²) >= 11 is 0. The minimum absolute atomic E-state index is 0. The summed E-state index contributed by atoms with van der Waals surface area (Å²) in [6.45, 7) is 3.97. The number of ether oxygens (including phenoxy) is 2. The number of rotatable bonds is 9. The molecule has 2 rings (SSSR count). The maximum absolute atomic E-state index is 5.69. The van der Waals surface area contributed by atoms with E-state index in [1.807, 2.05) is 30.3 Å². The Labute approximate surface area is 145 Å². The molecule has 2 aromatic rings. The average molecular weight is 336 g/mol. The predicted molar refractivity (Wildman–Crippen MR) is 89.9 cm³/mol. The second-order valence-electron chi connectivity index (χ2n) is 6.08. The lowest BCUT2D eigenvalue weighted by Crippen LogP contribution is -3.00. The van der Waals surface area contributed by atoms with E-state index in [1.165, 1.54) is 5.56 Å². The minimum atomic E-state index is 0. The van der Waals surface area contributed by atoms with Gasteiger partial charge in [-0.05, 0) is 12.1 Å². The zero-order chi connectivity index (χ0) is 15.7. The fourth-order valence-electron chi connectivity index (χ4n) is 2.31. The van der Waals surface area contributed by atoms with E-state index in [4.69, 9.17) is 9.47 Å². The van der Waals surface area contributed by atoms with Crippen molar-refractivity contribution in [1.82, 2.24) is 0 Å². The molecular formula is C19H26ClNO2. The smallest absolute Gasteiger partial charge is 0.119 e. The average Bonchev–Trinajstić information content (AvgIpc) is 2.52. The Morgan fingerprint density at radius 1 is 0.783 bits per heavy atom. The van der Waals surface area contributed by atoms with Crippen molar-refractivity contribution in [2.24, 2.45) is 0 Å². The van der Waals surface area contributed by atoms with Gasteiger partial charge in [0.2, 0.25) is 0 Å². The van der Waals surface area contributed by atoms with E-state index in [1.54, 1.807) is 0 Å². The summed E-state index contributed by atoms with van der Waals surface area (Å²) in [7, 11) is 4.47. The van der Waals surface area contributed by atoms with Crippen LogP contribution in [0.4, 0.5) is 0 Å². The maximum atomic E-state index is 5.69. The van der Waals surface area contributed by atoms with Crippen LogP contribution in [0.15, 0.2) is 60.7 Å². The minimum Gasteiger partial charge on any atom is -1.00 e. The monoisotopic (exact) mass is 335 g/mol. The summed E-state index contributed by atoms with van der Waals surface area (Å²) in [6, 6.07) is 20.4. The van der Waals surface area contributed by atoms with Gasteiger partial charge in [-0.3, -0.25) is 0 Å². The van der Waals surface area contributed by atoms with Crippen molar-refractivity contribution in [2.75, 3.05) is 40.5 Å². The van der Waals surface area contributed by atoms with Crippen molar-refractivity contribution in [3.05, 3.63) is 66.2 Å². The Balaban J connectivity index is 0.00000264. The SMILES string of the molecule is C[N+](C)(CCOCCOc1ccccc1)Cc1ccccc1.[Cl-]. The van der Waals surface area contributed by atoms with Crippen LogP contribution < -0.4 is 17.1 Å². The molecule has 2 aromatic carbocycles. The molecule has 0 saturated heterocycles. The third-order valence-corrected chi connectivity index (χ3v) is 3.53. The summed E-state index contributed by atoms with van der Waals surface area (Å²) in [6.07, 6.45) is 0. The zero-order valence-corrected chi connectivity index (χ0v) is 14.7. The molecule has 0 aliphatic heterocycles. The molecule has 0 aromatic heterocycles. The van der Waals surface area contributed by atoms with Crippen LogP contribution in [0.3, 0.4) is 0 Å². The van der Waals surface area contributed by atoms with Crippen LogP contribution in [-0.2, 0) is 11.3 Å². The first-order valence-corrected chi connectivity index (χ1v) is 7.77. The Hall–Kier alpha value is -1.55. The molecular weight excluding hydrogens is 310 g/mol. The molecule has 0 bridgehead atoms. The topological polar surface area (TPSA) is 18.5 Å². The van der Waals surface area contributed by atoms with Gasteiger partial charge in [0.1, 0.15) is 25.4 Å². The zero-order valence-electron chi connectivity index (χ0n) is 14.0.